The maximum absolute atomic E-state index is 11.9. The normalized spacial score (nSPS) is 10.3. The topological polar surface area (TPSA) is 86.5 Å². The van der Waals surface area contributed by atoms with Gasteiger partial charge in [0, 0.05) is 22.5 Å². The van der Waals surface area contributed by atoms with Gasteiger partial charge in [-0.3, -0.25) is 14.9 Å². The lowest BCUT2D eigenvalue weighted by molar-refractivity contribution is -0.380. The van der Waals surface area contributed by atoms with E-state index in [2.05, 4.69) is 15.9 Å². The first kappa shape index (κ1) is 17.3. The Balaban J connectivity index is 1.76. The summed E-state index contributed by atoms with van der Waals surface area (Å²) in [5.41, 5.74) is 0.605. The average molecular weight is 398 g/mol. The second kappa shape index (κ2) is 7.98. The summed E-state index contributed by atoms with van der Waals surface area (Å²) >= 11 is 4.06. The fourth-order valence-electron chi connectivity index (χ4n) is 1.78. The Kier molecular flexibility index (Phi) is 6.00. The molecule has 0 aliphatic rings. The third-order valence-electron chi connectivity index (χ3n) is 2.92. The molecule has 0 saturated carbocycles. The molecule has 0 radical (unpaired) electrons. The molecule has 1 heterocycles. The standard InChI is InChI=1S/C15H12BrNO5S/c16-11-5-3-10(4-6-11)12(18)2-1-9-22-15(19)13-7-8-14(23-13)17(20)21/h3-8H,1-2,9H2. The molecule has 1 aromatic heterocycles. The minimum Gasteiger partial charge on any atom is -0.461 e. The number of esters is 1. The van der Waals surface area contributed by atoms with Crippen molar-refractivity contribution in [2.24, 2.45) is 0 Å². The van der Waals surface area contributed by atoms with Gasteiger partial charge in [0.2, 0.25) is 0 Å². The highest BCUT2D eigenvalue weighted by molar-refractivity contribution is 9.10. The van der Waals surface area contributed by atoms with Crippen LogP contribution in [0, 0.1) is 10.1 Å². The highest BCUT2D eigenvalue weighted by Gasteiger charge is 2.16. The van der Waals surface area contributed by atoms with E-state index in [0.29, 0.717) is 12.0 Å². The van der Waals surface area contributed by atoms with Crippen molar-refractivity contribution in [1.82, 2.24) is 0 Å². The van der Waals surface area contributed by atoms with Gasteiger partial charge in [0.15, 0.2) is 5.78 Å². The van der Waals surface area contributed by atoms with Crippen molar-refractivity contribution in [2.45, 2.75) is 12.8 Å². The van der Waals surface area contributed by atoms with Crippen molar-refractivity contribution >= 4 is 44.0 Å². The van der Waals surface area contributed by atoms with E-state index in [1.165, 1.54) is 12.1 Å². The highest BCUT2D eigenvalue weighted by Crippen LogP contribution is 2.24. The molecule has 0 fully saturated rings. The molecule has 0 spiro atoms. The molecule has 2 rings (SSSR count). The lowest BCUT2D eigenvalue weighted by Crippen LogP contribution is -2.07. The molecule has 0 aliphatic heterocycles. The molecule has 0 unspecified atom stereocenters. The number of Topliss-reactive ketones (excluding diaryl/α,β-unsaturated/α-hetero) is 1. The van der Waals surface area contributed by atoms with Crippen molar-refractivity contribution < 1.29 is 19.2 Å². The number of ether oxygens (including phenoxy) is 1. The van der Waals surface area contributed by atoms with Gasteiger partial charge < -0.3 is 4.74 Å². The molecule has 0 saturated heterocycles. The first-order chi connectivity index (χ1) is 11.0. The van der Waals surface area contributed by atoms with Crippen molar-refractivity contribution in [1.29, 1.82) is 0 Å². The summed E-state index contributed by atoms with van der Waals surface area (Å²) in [6.45, 7) is 0.0901. The molecule has 120 valence electrons. The van der Waals surface area contributed by atoms with Crippen LogP contribution in [-0.4, -0.2) is 23.3 Å². The number of benzene rings is 1. The molecule has 0 atom stereocenters. The Morgan fingerprint density at radius 1 is 1.17 bits per heavy atom. The summed E-state index contributed by atoms with van der Waals surface area (Å²) in [4.78, 5) is 33.8. The van der Waals surface area contributed by atoms with E-state index in [4.69, 9.17) is 4.74 Å². The maximum Gasteiger partial charge on any atom is 0.348 e. The Bertz CT molecular complexity index is 726. The van der Waals surface area contributed by atoms with Crippen LogP contribution in [0.4, 0.5) is 5.00 Å². The zero-order valence-electron chi connectivity index (χ0n) is 11.9. The molecule has 0 N–H and O–H groups in total. The summed E-state index contributed by atoms with van der Waals surface area (Å²) in [6, 6.07) is 9.65. The van der Waals surface area contributed by atoms with Crippen LogP contribution >= 0.6 is 27.3 Å². The lowest BCUT2D eigenvalue weighted by atomic mass is 10.1. The predicted molar refractivity (Wildman–Crippen MR) is 89.0 cm³/mol. The number of thiophene rings is 1. The minimum atomic E-state index is -0.612. The van der Waals surface area contributed by atoms with E-state index >= 15 is 0 Å². The van der Waals surface area contributed by atoms with Gasteiger partial charge >= 0.3 is 11.0 Å². The third kappa shape index (κ3) is 4.97. The lowest BCUT2D eigenvalue weighted by Gasteiger charge is -2.03. The van der Waals surface area contributed by atoms with E-state index in [1.807, 2.05) is 0 Å². The summed E-state index contributed by atoms with van der Waals surface area (Å²) in [5.74, 6) is -0.639. The molecule has 0 bridgehead atoms. The van der Waals surface area contributed by atoms with Crippen LogP contribution in [0.2, 0.25) is 0 Å². The van der Waals surface area contributed by atoms with Crippen LogP contribution in [0.5, 0.6) is 0 Å². The number of hydrogen-bond donors (Lipinski definition) is 0. The minimum absolute atomic E-state index is 0.0275. The molecule has 0 aliphatic carbocycles. The Hall–Kier alpha value is -2.06. The number of nitrogens with zero attached hydrogens (tertiary/aromatic N) is 1. The summed E-state index contributed by atoms with van der Waals surface area (Å²) in [6.07, 6.45) is 0.660. The van der Waals surface area contributed by atoms with Crippen LogP contribution in [0.15, 0.2) is 40.9 Å². The van der Waals surface area contributed by atoms with Crippen molar-refractivity contribution in [3.8, 4) is 0 Å². The maximum atomic E-state index is 11.9. The Morgan fingerprint density at radius 3 is 2.48 bits per heavy atom. The van der Waals surface area contributed by atoms with E-state index in [9.17, 15) is 19.7 Å². The number of carbonyl (C=O) groups excluding carboxylic acids is 2. The average Bonchev–Trinajstić information content (AvgIpc) is 3.02. The van der Waals surface area contributed by atoms with Crippen LogP contribution in [0.1, 0.15) is 32.9 Å². The molecule has 1 aromatic carbocycles. The molecular weight excluding hydrogens is 386 g/mol. The molecule has 0 amide bonds. The van der Waals surface area contributed by atoms with Crippen molar-refractivity contribution in [3.63, 3.8) is 0 Å². The van der Waals surface area contributed by atoms with Gasteiger partial charge in [-0.1, -0.05) is 39.4 Å². The predicted octanol–water partition coefficient (Wildman–Crippen LogP) is 4.24. The third-order valence-corrected chi connectivity index (χ3v) is 4.47. The summed E-state index contributed by atoms with van der Waals surface area (Å²) < 4.78 is 5.91. The SMILES string of the molecule is O=C(CCCOC(=O)c1ccc([N+](=O)[O-])s1)c1ccc(Br)cc1. The summed E-state index contributed by atoms with van der Waals surface area (Å²) in [5, 5.41) is 10.4. The van der Waals surface area contributed by atoms with Crippen LogP contribution in [-0.2, 0) is 4.74 Å². The van der Waals surface area contributed by atoms with E-state index in [1.54, 1.807) is 24.3 Å². The first-order valence-electron chi connectivity index (χ1n) is 6.67. The van der Waals surface area contributed by atoms with Gasteiger partial charge in [-0.05, 0) is 24.6 Å². The van der Waals surface area contributed by atoms with Crippen molar-refractivity contribution in [3.05, 3.63) is 61.4 Å². The number of halogens is 1. The number of carbonyl (C=O) groups is 2. The highest BCUT2D eigenvalue weighted by atomic mass is 79.9. The van der Waals surface area contributed by atoms with Gasteiger partial charge in [-0.15, -0.1) is 0 Å². The van der Waals surface area contributed by atoms with Gasteiger partial charge in [0.1, 0.15) is 4.88 Å². The largest absolute Gasteiger partial charge is 0.461 e. The smallest absolute Gasteiger partial charge is 0.348 e. The second-order valence-corrected chi connectivity index (χ2v) is 6.54. The number of nitro groups is 1. The van der Waals surface area contributed by atoms with E-state index in [0.717, 1.165) is 15.8 Å². The molecular formula is C15H12BrNO5S. The van der Waals surface area contributed by atoms with Gasteiger partial charge in [0.25, 0.3) is 0 Å². The Labute approximate surface area is 144 Å². The fraction of sp³-hybridized carbons (Fsp3) is 0.200. The zero-order chi connectivity index (χ0) is 16.8. The van der Waals surface area contributed by atoms with Crippen LogP contribution in [0.3, 0.4) is 0 Å². The first-order valence-corrected chi connectivity index (χ1v) is 8.28. The molecule has 2 aromatic rings. The number of hydrogen-bond acceptors (Lipinski definition) is 6. The molecule has 8 heteroatoms. The van der Waals surface area contributed by atoms with Crippen molar-refractivity contribution in [2.75, 3.05) is 6.61 Å². The van der Waals surface area contributed by atoms with Crippen LogP contribution in [0.25, 0.3) is 0 Å². The van der Waals surface area contributed by atoms with E-state index < -0.39 is 10.9 Å². The summed E-state index contributed by atoms with van der Waals surface area (Å²) in [7, 11) is 0. The fourth-order valence-corrected chi connectivity index (χ4v) is 2.76. The number of ketones is 1. The molecule has 6 nitrogen and oxygen atoms in total. The van der Waals surface area contributed by atoms with Gasteiger partial charge in [0.05, 0.1) is 11.5 Å². The van der Waals surface area contributed by atoms with Crippen LogP contribution < -0.4 is 0 Å². The second-order valence-electron chi connectivity index (χ2n) is 4.56. The van der Waals surface area contributed by atoms with Gasteiger partial charge in [-0.25, -0.2) is 4.79 Å². The van der Waals surface area contributed by atoms with Gasteiger partial charge in [-0.2, -0.15) is 0 Å². The molecule has 23 heavy (non-hydrogen) atoms. The van der Waals surface area contributed by atoms with E-state index in [-0.39, 0.29) is 28.7 Å². The Morgan fingerprint density at radius 2 is 1.87 bits per heavy atom. The monoisotopic (exact) mass is 397 g/mol. The zero-order valence-corrected chi connectivity index (χ0v) is 14.3. The number of rotatable bonds is 7. The quantitative estimate of drug-likeness (QED) is 0.229.